The molecule has 2 amide bonds. The van der Waals surface area contributed by atoms with E-state index in [4.69, 9.17) is 0 Å². The van der Waals surface area contributed by atoms with Crippen LogP contribution in [0.1, 0.15) is 37.8 Å². The summed E-state index contributed by atoms with van der Waals surface area (Å²) in [4.78, 5) is 23.6. The van der Waals surface area contributed by atoms with E-state index in [1.165, 1.54) is 0 Å². The summed E-state index contributed by atoms with van der Waals surface area (Å²) in [6, 6.07) is 19.1. The topological polar surface area (TPSA) is 82.9 Å². The minimum Gasteiger partial charge on any atom is -0.273 e. The molecule has 0 aliphatic rings. The summed E-state index contributed by atoms with van der Waals surface area (Å²) in [5, 5.41) is 8.09. The second-order valence-corrected chi connectivity index (χ2v) is 5.70. The molecular formula is C20H22N4O2. The minimum atomic E-state index is -0.320. The maximum absolute atomic E-state index is 11.8. The first-order valence-corrected chi connectivity index (χ1v) is 8.33. The molecule has 6 heteroatoms. The highest BCUT2D eigenvalue weighted by Crippen LogP contribution is 2.01. The first kappa shape index (κ1) is 19.1. The van der Waals surface area contributed by atoms with Gasteiger partial charge in [-0.15, -0.1) is 0 Å². The number of carbonyl (C=O) groups excluding carboxylic acids is 2. The molecule has 2 rings (SSSR count). The van der Waals surface area contributed by atoms with Gasteiger partial charge in [0.2, 0.25) is 11.8 Å². The predicted molar refractivity (Wildman–Crippen MR) is 103 cm³/mol. The van der Waals surface area contributed by atoms with Crippen molar-refractivity contribution < 1.29 is 9.59 Å². The van der Waals surface area contributed by atoms with Crippen LogP contribution in [0.25, 0.3) is 0 Å². The van der Waals surface area contributed by atoms with Crippen molar-refractivity contribution in [3.8, 4) is 0 Å². The van der Waals surface area contributed by atoms with Crippen LogP contribution in [0.4, 0.5) is 0 Å². The molecule has 0 fully saturated rings. The third kappa shape index (κ3) is 6.32. The molecule has 0 saturated heterocycles. The lowest BCUT2D eigenvalue weighted by atomic mass is 10.1. The Labute approximate surface area is 153 Å². The molecule has 0 bridgehead atoms. The Hall–Kier alpha value is -3.28. The fraction of sp³-hybridized carbons (Fsp3) is 0.200. The van der Waals surface area contributed by atoms with Crippen molar-refractivity contribution in [2.75, 3.05) is 0 Å². The van der Waals surface area contributed by atoms with E-state index in [0.717, 1.165) is 11.1 Å². The molecule has 0 radical (unpaired) electrons. The largest absolute Gasteiger partial charge is 0.273 e. The number of amides is 2. The Morgan fingerprint density at radius 2 is 1.04 bits per heavy atom. The lowest BCUT2D eigenvalue weighted by Crippen LogP contribution is -2.24. The Morgan fingerprint density at radius 3 is 1.38 bits per heavy atom. The summed E-state index contributed by atoms with van der Waals surface area (Å²) in [6.45, 7) is 3.62. The zero-order valence-electron chi connectivity index (χ0n) is 14.9. The highest BCUT2D eigenvalue weighted by atomic mass is 16.2. The summed E-state index contributed by atoms with van der Waals surface area (Å²) < 4.78 is 0. The third-order valence-corrected chi connectivity index (χ3v) is 3.66. The molecule has 2 N–H and O–H groups in total. The number of carbonyl (C=O) groups is 2. The number of benzene rings is 2. The van der Waals surface area contributed by atoms with Crippen LogP contribution >= 0.6 is 0 Å². The fourth-order valence-corrected chi connectivity index (χ4v) is 2.12. The van der Waals surface area contributed by atoms with Gasteiger partial charge in [-0.05, 0) is 25.0 Å². The van der Waals surface area contributed by atoms with Crippen molar-refractivity contribution in [3.63, 3.8) is 0 Å². The Balaban J connectivity index is 1.76. The van der Waals surface area contributed by atoms with E-state index in [9.17, 15) is 9.59 Å². The summed E-state index contributed by atoms with van der Waals surface area (Å²) >= 11 is 0. The average molecular weight is 350 g/mol. The van der Waals surface area contributed by atoms with Gasteiger partial charge in [-0.25, -0.2) is 10.9 Å². The molecule has 6 nitrogen and oxygen atoms in total. The molecule has 2 aromatic carbocycles. The van der Waals surface area contributed by atoms with Crippen LogP contribution in [0.5, 0.6) is 0 Å². The molecule has 0 heterocycles. The van der Waals surface area contributed by atoms with E-state index in [-0.39, 0.29) is 24.7 Å². The first-order chi connectivity index (χ1) is 12.6. The molecule has 26 heavy (non-hydrogen) atoms. The van der Waals surface area contributed by atoms with Crippen molar-refractivity contribution in [3.05, 3.63) is 71.8 Å². The number of hydrazone groups is 2. The minimum absolute atomic E-state index is 0.0390. The van der Waals surface area contributed by atoms with Crippen LogP contribution < -0.4 is 10.9 Å². The van der Waals surface area contributed by atoms with E-state index in [0.29, 0.717) is 11.4 Å². The predicted octanol–water partition coefficient (Wildman–Crippen LogP) is 2.85. The molecule has 0 saturated carbocycles. The van der Waals surface area contributed by atoms with Crippen molar-refractivity contribution in [1.82, 2.24) is 10.9 Å². The van der Waals surface area contributed by atoms with Gasteiger partial charge in [0, 0.05) is 12.8 Å². The van der Waals surface area contributed by atoms with Gasteiger partial charge in [-0.2, -0.15) is 10.2 Å². The van der Waals surface area contributed by atoms with Gasteiger partial charge in [0.05, 0.1) is 11.4 Å². The number of hydrogen-bond acceptors (Lipinski definition) is 4. The van der Waals surface area contributed by atoms with Crippen molar-refractivity contribution in [2.24, 2.45) is 10.2 Å². The summed E-state index contributed by atoms with van der Waals surface area (Å²) in [5.41, 5.74) is 8.18. The molecule has 0 unspecified atom stereocenters. The van der Waals surface area contributed by atoms with E-state index >= 15 is 0 Å². The van der Waals surface area contributed by atoms with E-state index in [2.05, 4.69) is 21.1 Å². The van der Waals surface area contributed by atoms with Gasteiger partial charge in [-0.3, -0.25) is 9.59 Å². The standard InChI is InChI=1S/C20H22N4O2/c1-15(17-9-5-3-6-10-17)21-23-19(25)13-14-20(26)24-22-16(2)18-11-7-4-8-12-18/h3-12H,13-14H2,1-2H3,(H,23,25)(H,24,26). The quantitative estimate of drug-likeness (QED) is 0.594. The lowest BCUT2D eigenvalue weighted by Gasteiger charge is -2.04. The van der Waals surface area contributed by atoms with Crippen molar-refractivity contribution in [2.45, 2.75) is 26.7 Å². The summed E-state index contributed by atoms with van der Waals surface area (Å²) in [6.07, 6.45) is 0.0780. The van der Waals surface area contributed by atoms with Gasteiger partial charge in [0.25, 0.3) is 0 Å². The third-order valence-electron chi connectivity index (χ3n) is 3.66. The Morgan fingerprint density at radius 1 is 0.692 bits per heavy atom. The van der Waals surface area contributed by atoms with Crippen LogP contribution in [0.3, 0.4) is 0 Å². The molecule has 0 spiro atoms. The SMILES string of the molecule is CC(=NNC(=O)CCC(=O)NN=C(C)c1ccccc1)c1ccccc1. The number of rotatable bonds is 7. The average Bonchev–Trinajstić information content (AvgIpc) is 2.69. The van der Waals surface area contributed by atoms with E-state index in [1.54, 1.807) is 0 Å². The van der Waals surface area contributed by atoms with Crippen LogP contribution in [-0.2, 0) is 9.59 Å². The highest BCUT2D eigenvalue weighted by molar-refractivity contribution is 6.00. The van der Waals surface area contributed by atoms with Gasteiger partial charge in [0.15, 0.2) is 0 Å². The Bertz CT molecular complexity index is 730. The zero-order valence-corrected chi connectivity index (χ0v) is 14.9. The molecule has 0 aliphatic heterocycles. The first-order valence-electron chi connectivity index (χ1n) is 8.33. The normalized spacial score (nSPS) is 11.8. The highest BCUT2D eigenvalue weighted by Gasteiger charge is 2.06. The second kappa shape index (κ2) is 9.88. The molecule has 0 atom stereocenters. The summed E-state index contributed by atoms with van der Waals surface area (Å²) in [5.74, 6) is -0.640. The molecule has 0 aliphatic carbocycles. The smallest absolute Gasteiger partial charge is 0.240 e. The van der Waals surface area contributed by atoms with Gasteiger partial charge < -0.3 is 0 Å². The fourth-order valence-electron chi connectivity index (χ4n) is 2.12. The van der Waals surface area contributed by atoms with Crippen LogP contribution in [0.2, 0.25) is 0 Å². The van der Waals surface area contributed by atoms with Crippen LogP contribution in [0, 0.1) is 0 Å². The van der Waals surface area contributed by atoms with Gasteiger partial charge in [-0.1, -0.05) is 60.7 Å². The van der Waals surface area contributed by atoms with Gasteiger partial charge in [0.1, 0.15) is 0 Å². The number of hydrogen-bond donors (Lipinski definition) is 2. The summed E-state index contributed by atoms with van der Waals surface area (Å²) in [7, 11) is 0. The monoisotopic (exact) mass is 350 g/mol. The zero-order chi connectivity index (χ0) is 18.8. The lowest BCUT2D eigenvalue weighted by molar-refractivity contribution is -0.126. The number of nitrogens with zero attached hydrogens (tertiary/aromatic N) is 2. The van der Waals surface area contributed by atoms with E-state index < -0.39 is 0 Å². The maximum atomic E-state index is 11.8. The molecule has 0 aromatic heterocycles. The number of nitrogens with one attached hydrogen (secondary N) is 2. The van der Waals surface area contributed by atoms with Crippen LogP contribution in [-0.4, -0.2) is 23.2 Å². The molecular weight excluding hydrogens is 328 g/mol. The van der Waals surface area contributed by atoms with Crippen molar-refractivity contribution in [1.29, 1.82) is 0 Å². The Kier molecular flexibility index (Phi) is 7.24. The van der Waals surface area contributed by atoms with Crippen LogP contribution in [0.15, 0.2) is 70.9 Å². The van der Waals surface area contributed by atoms with Crippen molar-refractivity contribution >= 4 is 23.2 Å². The maximum Gasteiger partial charge on any atom is 0.240 e. The molecule has 134 valence electrons. The van der Waals surface area contributed by atoms with E-state index in [1.807, 2.05) is 74.5 Å². The second-order valence-electron chi connectivity index (χ2n) is 5.70. The van der Waals surface area contributed by atoms with Gasteiger partial charge >= 0.3 is 0 Å². The molecule has 2 aromatic rings.